The van der Waals surface area contributed by atoms with Crippen LogP contribution in [0.15, 0.2) is 40.9 Å². The van der Waals surface area contributed by atoms with Gasteiger partial charge in [0.2, 0.25) is 11.8 Å². The Kier molecular flexibility index (Phi) is 5.23. The van der Waals surface area contributed by atoms with Gasteiger partial charge in [-0.05, 0) is 44.6 Å². The third-order valence-electron chi connectivity index (χ3n) is 5.74. The first-order chi connectivity index (χ1) is 15.1. The molecule has 0 unspecified atom stereocenters. The second-order valence-corrected chi connectivity index (χ2v) is 9.13. The Morgan fingerprint density at radius 3 is 2.90 bits per heavy atom. The van der Waals surface area contributed by atoms with Crippen molar-refractivity contribution >= 4 is 28.0 Å². The molecule has 7 nitrogen and oxygen atoms in total. The monoisotopic (exact) mass is 433 g/mol. The average Bonchev–Trinajstić information content (AvgIpc) is 3.39. The van der Waals surface area contributed by atoms with Crippen LogP contribution in [0.3, 0.4) is 0 Å². The smallest absolute Gasteiger partial charge is 0.267 e. The zero-order chi connectivity index (χ0) is 21.4. The molecule has 0 saturated carbocycles. The van der Waals surface area contributed by atoms with E-state index in [0.717, 1.165) is 45.6 Å². The average molecular weight is 434 g/mol. The number of carbonyl (C=O) groups is 1. The highest BCUT2D eigenvalue weighted by molar-refractivity contribution is 7.11. The minimum atomic E-state index is -0.202. The molecule has 1 aliphatic rings. The van der Waals surface area contributed by atoms with Crippen LogP contribution >= 0.6 is 11.3 Å². The summed E-state index contributed by atoms with van der Waals surface area (Å²) in [4.78, 5) is 25.0. The van der Waals surface area contributed by atoms with Crippen molar-refractivity contribution in [1.29, 1.82) is 0 Å². The van der Waals surface area contributed by atoms with Gasteiger partial charge in [0.1, 0.15) is 11.7 Å². The molecule has 4 heterocycles. The predicted octanol–water partition coefficient (Wildman–Crippen LogP) is 4.65. The molecule has 158 valence electrons. The van der Waals surface area contributed by atoms with Crippen molar-refractivity contribution in [2.45, 2.75) is 45.6 Å². The fraction of sp³-hybridized carbons (Fsp3) is 0.348. The van der Waals surface area contributed by atoms with Gasteiger partial charge < -0.3 is 9.32 Å². The molecule has 0 N–H and O–H groups in total. The second-order valence-electron chi connectivity index (χ2n) is 7.84. The lowest BCUT2D eigenvalue weighted by Gasteiger charge is -2.33. The number of aryl methyl sites for hydroxylation is 2. The minimum Gasteiger partial charge on any atom is -0.417 e. The third kappa shape index (κ3) is 3.83. The van der Waals surface area contributed by atoms with Gasteiger partial charge in [0, 0.05) is 23.0 Å². The fourth-order valence-electron chi connectivity index (χ4n) is 4.22. The lowest BCUT2D eigenvalue weighted by Crippen LogP contribution is -2.39. The van der Waals surface area contributed by atoms with Crippen molar-refractivity contribution in [3.63, 3.8) is 0 Å². The van der Waals surface area contributed by atoms with E-state index in [-0.39, 0.29) is 11.9 Å². The Hall–Kier alpha value is -3.13. The largest absolute Gasteiger partial charge is 0.417 e. The van der Waals surface area contributed by atoms with E-state index in [0.29, 0.717) is 30.4 Å². The maximum Gasteiger partial charge on any atom is 0.267 e. The number of amides is 1. The SMILES string of the molecule is Cc1nc(C)c(CC(=O)N2CCCC[C@@H]2c2nnc(-c3nccc4ccccc34)o2)s1. The van der Waals surface area contributed by atoms with Crippen LogP contribution in [-0.4, -0.2) is 37.5 Å². The summed E-state index contributed by atoms with van der Waals surface area (Å²) in [5, 5.41) is 11.6. The highest BCUT2D eigenvalue weighted by Gasteiger charge is 2.32. The lowest BCUT2D eigenvalue weighted by atomic mass is 10.0. The van der Waals surface area contributed by atoms with Gasteiger partial charge in [0.15, 0.2) is 0 Å². The highest BCUT2D eigenvalue weighted by Crippen LogP contribution is 2.33. The van der Waals surface area contributed by atoms with Gasteiger partial charge in [-0.3, -0.25) is 9.78 Å². The van der Waals surface area contributed by atoms with Crippen molar-refractivity contribution in [3.8, 4) is 11.6 Å². The summed E-state index contributed by atoms with van der Waals surface area (Å²) in [5.41, 5.74) is 1.60. The summed E-state index contributed by atoms with van der Waals surface area (Å²) in [6, 6.07) is 9.74. The van der Waals surface area contributed by atoms with Crippen LogP contribution in [0.2, 0.25) is 0 Å². The van der Waals surface area contributed by atoms with E-state index in [1.807, 2.05) is 49.1 Å². The molecule has 0 aliphatic carbocycles. The Labute approximate surface area is 184 Å². The summed E-state index contributed by atoms with van der Waals surface area (Å²) < 4.78 is 6.09. The van der Waals surface area contributed by atoms with Crippen LogP contribution < -0.4 is 0 Å². The first-order valence-corrected chi connectivity index (χ1v) is 11.3. The predicted molar refractivity (Wildman–Crippen MR) is 119 cm³/mol. The molecule has 1 aliphatic heterocycles. The molecule has 3 aromatic heterocycles. The van der Waals surface area contributed by atoms with Crippen molar-refractivity contribution in [3.05, 3.63) is 58.0 Å². The molecule has 5 rings (SSSR count). The maximum absolute atomic E-state index is 13.2. The topological polar surface area (TPSA) is 85.0 Å². The number of thiazole rings is 1. The molecule has 1 fully saturated rings. The number of carbonyl (C=O) groups excluding carboxylic acids is 1. The van der Waals surface area contributed by atoms with Crippen molar-refractivity contribution in [2.24, 2.45) is 0 Å². The van der Waals surface area contributed by atoms with Gasteiger partial charge in [0.05, 0.1) is 17.1 Å². The van der Waals surface area contributed by atoms with E-state index in [9.17, 15) is 4.79 Å². The van der Waals surface area contributed by atoms with E-state index >= 15 is 0 Å². The van der Waals surface area contributed by atoms with E-state index in [4.69, 9.17) is 4.42 Å². The quantitative estimate of drug-likeness (QED) is 0.466. The number of pyridine rings is 1. The fourth-order valence-corrected chi connectivity index (χ4v) is 5.15. The standard InChI is InChI=1S/C23H23N5O2S/c1-14-19(31-15(2)25-14)13-20(29)28-12-6-5-9-18(28)22-26-27-23(30-22)21-17-8-4-3-7-16(17)10-11-24-21/h3-4,7-8,10-11,18H,5-6,9,12-13H2,1-2H3/t18-/m1/s1. The Morgan fingerprint density at radius 2 is 2.06 bits per heavy atom. The normalized spacial score (nSPS) is 16.7. The summed E-state index contributed by atoms with van der Waals surface area (Å²) >= 11 is 1.59. The van der Waals surface area contributed by atoms with Crippen LogP contribution in [0.1, 0.15) is 46.8 Å². The molecule has 0 spiro atoms. The van der Waals surface area contributed by atoms with Gasteiger partial charge in [-0.1, -0.05) is 24.3 Å². The first-order valence-electron chi connectivity index (χ1n) is 10.5. The molecule has 0 radical (unpaired) electrons. The van der Waals surface area contributed by atoms with Crippen LogP contribution in [0.25, 0.3) is 22.4 Å². The minimum absolute atomic E-state index is 0.0829. The van der Waals surface area contributed by atoms with E-state index in [2.05, 4.69) is 20.2 Å². The Morgan fingerprint density at radius 1 is 1.19 bits per heavy atom. The van der Waals surface area contributed by atoms with E-state index in [1.54, 1.807) is 17.5 Å². The zero-order valence-corrected chi connectivity index (χ0v) is 18.4. The van der Waals surface area contributed by atoms with Crippen LogP contribution in [-0.2, 0) is 11.2 Å². The Balaban J connectivity index is 1.43. The molecule has 1 atom stereocenters. The third-order valence-corrected chi connectivity index (χ3v) is 6.81. The summed E-state index contributed by atoms with van der Waals surface area (Å²) in [6.07, 6.45) is 4.93. The molecule has 4 aromatic rings. The van der Waals surface area contributed by atoms with Gasteiger partial charge in [-0.2, -0.15) is 0 Å². The number of hydrogen-bond donors (Lipinski definition) is 0. The van der Waals surface area contributed by atoms with Crippen LogP contribution in [0, 0.1) is 13.8 Å². The number of hydrogen-bond acceptors (Lipinski definition) is 7. The molecule has 31 heavy (non-hydrogen) atoms. The molecule has 1 saturated heterocycles. The van der Waals surface area contributed by atoms with Gasteiger partial charge in [-0.25, -0.2) is 4.98 Å². The number of benzene rings is 1. The number of piperidine rings is 1. The number of rotatable bonds is 4. The molecule has 8 heteroatoms. The van der Waals surface area contributed by atoms with Gasteiger partial charge in [0.25, 0.3) is 5.89 Å². The van der Waals surface area contributed by atoms with Crippen molar-refractivity contribution in [2.75, 3.05) is 6.54 Å². The summed E-state index contributed by atoms with van der Waals surface area (Å²) in [5.74, 6) is 0.952. The molecular formula is C23H23N5O2S. The zero-order valence-electron chi connectivity index (χ0n) is 17.5. The van der Waals surface area contributed by atoms with Gasteiger partial charge >= 0.3 is 0 Å². The first kappa shape index (κ1) is 19.8. The summed E-state index contributed by atoms with van der Waals surface area (Å²) in [7, 11) is 0. The van der Waals surface area contributed by atoms with Crippen LogP contribution in [0.5, 0.6) is 0 Å². The highest BCUT2D eigenvalue weighted by atomic mass is 32.1. The van der Waals surface area contributed by atoms with Crippen LogP contribution in [0.4, 0.5) is 0 Å². The number of nitrogens with zero attached hydrogens (tertiary/aromatic N) is 5. The molecule has 0 bridgehead atoms. The molecule has 1 aromatic carbocycles. The summed E-state index contributed by atoms with van der Waals surface area (Å²) in [6.45, 7) is 4.63. The number of fused-ring (bicyclic) bond motifs is 1. The molecular weight excluding hydrogens is 410 g/mol. The Bertz CT molecular complexity index is 1240. The molecule has 1 amide bonds. The van der Waals surface area contributed by atoms with Crippen molar-refractivity contribution in [1.82, 2.24) is 25.1 Å². The van der Waals surface area contributed by atoms with E-state index < -0.39 is 0 Å². The second kappa shape index (κ2) is 8.19. The van der Waals surface area contributed by atoms with E-state index in [1.165, 1.54) is 0 Å². The van der Waals surface area contributed by atoms with Gasteiger partial charge in [-0.15, -0.1) is 21.5 Å². The maximum atomic E-state index is 13.2. The lowest BCUT2D eigenvalue weighted by molar-refractivity contribution is -0.134. The number of aromatic nitrogens is 4. The van der Waals surface area contributed by atoms with Crippen molar-refractivity contribution < 1.29 is 9.21 Å². The number of likely N-dealkylation sites (tertiary alicyclic amines) is 1.